The highest BCUT2D eigenvalue weighted by Gasteiger charge is 2.43. The van der Waals surface area contributed by atoms with E-state index in [1.807, 2.05) is 30.8 Å². The number of nitrogens with two attached hydrogens (primary N) is 1. The lowest BCUT2D eigenvalue weighted by Gasteiger charge is -2.48. The maximum atomic E-state index is 13.0. The molecule has 2 saturated heterocycles. The Hall–Kier alpha value is -1.67. The maximum absolute atomic E-state index is 13.0. The summed E-state index contributed by atoms with van der Waals surface area (Å²) in [6.07, 6.45) is 3.51. The molecule has 0 unspecified atom stereocenters. The Labute approximate surface area is 159 Å². The Kier molecular flexibility index (Phi) is 5.53. The Bertz CT molecular complexity index is 689. The highest BCUT2D eigenvalue weighted by atomic mass is 32.1. The van der Waals surface area contributed by atoms with Gasteiger partial charge in [-0.2, -0.15) is 0 Å². The number of anilines is 1. The molecule has 0 bridgehead atoms. The van der Waals surface area contributed by atoms with Crippen LogP contribution in [0.1, 0.15) is 41.0 Å². The van der Waals surface area contributed by atoms with Gasteiger partial charge in [0.15, 0.2) is 5.13 Å². The molecule has 0 saturated carbocycles. The van der Waals surface area contributed by atoms with E-state index in [9.17, 15) is 9.59 Å². The number of nitrogens with zero attached hydrogens (tertiary/aromatic N) is 4. The zero-order chi connectivity index (χ0) is 18.9. The van der Waals surface area contributed by atoms with Crippen molar-refractivity contribution in [3.63, 3.8) is 0 Å². The number of nitrogen functional groups attached to an aromatic ring is 1. The first-order valence-electron chi connectivity index (χ1n) is 9.24. The highest BCUT2D eigenvalue weighted by Crippen LogP contribution is 2.39. The summed E-state index contributed by atoms with van der Waals surface area (Å²) in [7, 11) is 4.04. The summed E-state index contributed by atoms with van der Waals surface area (Å²) in [6, 6.07) is 0. The van der Waals surface area contributed by atoms with Gasteiger partial charge in [-0.05, 0) is 40.3 Å². The van der Waals surface area contributed by atoms with E-state index in [1.165, 1.54) is 11.3 Å². The molecule has 3 rings (SSSR count). The molecule has 2 aliphatic rings. The van der Waals surface area contributed by atoms with Crippen molar-refractivity contribution in [2.45, 2.75) is 32.6 Å². The fourth-order valence-corrected chi connectivity index (χ4v) is 4.90. The summed E-state index contributed by atoms with van der Waals surface area (Å²) in [5.41, 5.74) is 6.50. The van der Waals surface area contributed by atoms with Crippen molar-refractivity contribution < 1.29 is 9.59 Å². The Morgan fingerprint density at radius 3 is 2.77 bits per heavy atom. The number of likely N-dealkylation sites (N-methyl/N-ethyl adjacent to an activating group) is 1. The second-order valence-electron chi connectivity index (χ2n) is 7.92. The van der Waals surface area contributed by atoms with Crippen LogP contribution in [0.5, 0.6) is 0 Å². The number of rotatable bonds is 4. The molecule has 0 aliphatic carbocycles. The summed E-state index contributed by atoms with van der Waals surface area (Å²) in [5, 5.41) is 0.440. The smallest absolute Gasteiger partial charge is 0.265 e. The first-order chi connectivity index (χ1) is 12.3. The lowest BCUT2D eigenvalue weighted by Crippen LogP contribution is -2.55. The minimum atomic E-state index is 0.0261. The number of thiazole rings is 1. The van der Waals surface area contributed by atoms with Gasteiger partial charge in [0.05, 0.1) is 5.69 Å². The average molecular weight is 380 g/mol. The van der Waals surface area contributed by atoms with Gasteiger partial charge in [-0.15, -0.1) is 0 Å². The van der Waals surface area contributed by atoms with Crippen molar-refractivity contribution in [1.82, 2.24) is 19.7 Å². The van der Waals surface area contributed by atoms with E-state index in [1.54, 1.807) is 0 Å². The fourth-order valence-electron chi connectivity index (χ4n) is 4.10. The van der Waals surface area contributed by atoms with Crippen molar-refractivity contribution in [1.29, 1.82) is 0 Å². The average Bonchev–Trinajstić information content (AvgIpc) is 2.93. The molecule has 0 aromatic carbocycles. The van der Waals surface area contributed by atoms with E-state index >= 15 is 0 Å². The molecule has 1 aromatic heterocycles. The molecule has 2 amide bonds. The number of hydrogen-bond acceptors (Lipinski definition) is 6. The first kappa shape index (κ1) is 19.1. The molecular weight excluding hydrogens is 350 g/mol. The number of aryl methyl sites for hydroxylation is 1. The third-order valence-electron chi connectivity index (χ3n) is 5.52. The minimum absolute atomic E-state index is 0.0261. The largest absolute Gasteiger partial charge is 0.375 e. The standard InChI is InChI=1S/C18H29N5O2S/c1-13-15(26-17(19)20-13)16(25)23-8-4-6-18(12-23)7-5-14(24)22(11-18)10-9-21(2)3/h4-12H2,1-3H3,(H2,19,20)/t18-/m1/s1. The predicted molar refractivity (Wildman–Crippen MR) is 103 cm³/mol. The van der Waals surface area contributed by atoms with E-state index in [0.29, 0.717) is 22.1 Å². The number of carbonyl (C=O) groups is 2. The van der Waals surface area contributed by atoms with Gasteiger partial charge in [0.1, 0.15) is 4.88 Å². The summed E-state index contributed by atoms with van der Waals surface area (Å²) in [4.78, 5) is 36.2. The van der Waals surface area contributed by atoms with Crippen LogP contribution in [0.25, 0.3) is 0 Å². The lowest BCUT2D eigenvalue weighted by atomic mass is 9.73. The van der Waals surface area contributed by atoms with Crippen LogP contribution in [0.2, 0.25) is 0 Å². The van der Waals surface area contributed by atoms with Crippen LogP contribution in [0.4, 0.5) is 5.13 Å². The van der Waals surface area contributed by atoms with Gasteiger partial charge >= 0.3 is 0 Å². The molecule has 1 aromatic rings. The summed E-state index contributed by atoms with van der Waals surface area (Å²) < 4.78 is 0. The Morgan fingerprint density at radius 1 is 1.35 bits per heavy atom. The molecule has 2 aliphatic heterocycles. The van der Waals surface area contributed by atoms with Gasteiger partial charge in [0.25, 0.3) is 5.91 Å². The Balaban J connectivity index is 1.71. The number of hydrogen-bond donors (Lipinski definition) is 1. The van der Waals surface area contributed by atoms with Gasteiger partial charge in [0, 0.05) is 44.6 Å². The lowest BCUT2D eigenvalue weighted by molar-refractivity contribution is -0.139. The number of piperidine rings is 2. The van der Waals surface area contributed by atoms with Crippen molar-refractivity contribution in [2.75, 3.05) is 52.6 Å². The molecule has 7 nitrogen and oxygen atoms in total. The van der Waals surface area contributed by atoms with E-state index < -0.39 is 0 Å². The van der Waals surface area contributed by atoms with Crippen molar-refractivity contribution in [3.8, 4) is 0 Å². The molecule has 26 heavy (non-hydrogen) atoms. The van der Waals surface area contributed by atoms with Crippen molar-refractivity contribution in [3.05, 3.63) is 10.6 Å². The number of likely N-dealkylation sites (tertiary alicyclic amines) is 2. The fraction of sp³-hybridized carbons (Fsp3) is 0.722. The van der Waals surface area contributed by atoms with Crippen molar-refractivity contribution in [2.24, 2.45) is 5.41 Å². The van der Waals surface area contributed by atoms with E-state index in [0.717, 1.165) is 52.0 Å². The van der Waals surface area contributed by atoms with Gasteiger partial charge in [0.2, 0.25) is 5.91 Å². The van der Waals surface area contributed by atoms with E-state index in [-0.39, 0.29) is 17.2 Å². The van der Waals surface area contributed by atoms with Gasteiger partial charge in [-0.3, -0.25) is 9.59 Å². The van der Waals surface area contributed by atoms with Crippen LogP contribution in [0.3, 0.4) is 0 Å². The third kappa shape index (κ3) is 4.01. The summed E-state index contributed by atoms with van der Waals surface area (Å²) in [6.45, 7) is 5.70. The van der Waals surface area contributed by atoms with Gasteiger partial charge in [-0.25, -0.2) is 4.98 Å². The minimum Gasteiger partial charge on any atom is -0.375 e. The predicted octanol–water partition coefficient (Wildman–Crippen LogP) is 1.44. The van der Waals surface area contributed by atoms with Crippen LogP contribution in [-0.4, -0.2) is 78.3 Å². The van der Waals surface area contributed by atoms with Crippen LogP contribution in [0.15, 0.2) is 0 Å². The summed E-state index contributed by atoms with van der Waals surface area (Å²) in [5.74, 6) is 0.277. The second kappa shape index (κ2) is 7.52. The Morgan fingerprint density at radius 2 is 2.12 bits per heavy atom. The van der Waals surface area contributed by atoms with Gasteiger partial charge in [-0.1, -0.05) is 11.3 Å². The molecule has 2 N–H and O–H groups in total. The molecule has 8 heteroatoms. The molecule has 2 fully saturated rings. The van der Waals surface area contributed by atoms with Crippen LogP contribution in [0, 0.1) is 12.3 Å². The molecule has 0 radical (unpaired) electrons. The molecule has 1 spiro atoms. The highest BCUT2D eigenvalue weighted by molar-refractivity contribution is 7.17. The third-order valence-corrected chi connectivity index (χ3v) is 6.50. The quantitative estimate of drug-likeness (QED) is 0.856. The second-order valence-corrected chi connectivity index (χ2v) is 8.95. The van der Waals surface area contributed by atoms with E-state index in [2.05, 4.69) is 9.88 Å². The molecule has 144 valence electrons. The molecule has 3 heterocycles. The topological polar surface area (TPSA) is 82.8 Å². The maximum Gasteiger partial charge on any atom is 0.265 e. The first-order valence-corrected chi connectivity index (χ1v) is 10.1. The zero-order valence-electron chi connectivity index (χ0n) is 16.0. The number of aromatic nitrogens is 1. The van der Waals surface area contributed by atoms with E-state index in [4.69, 9.17) is 5.73 Å². The normalized spacial score (nSPS) is 23.9. The van der Waals surface area contributed by atoms with Crippen LogP contribution >= 0.6 is 11.3 Å². The SMILES string of the molecule is Cc1nc(N)sc1C(=O)N1CCC[C@]2(CCC(=O)N(CCN(C)C)C2)C1. The molecule has 1 atom stereocenters. The van der Waals surface area contributed by atoms with Gasteiger partial charge < -0.3 is 20.4 Å². The zero-order valence-corrected chi connectivity index (χ0v) is 16.8. The van der Waals surface area contributed by atoms with Crippen LogP contribution < -0.4 is 5.73 Å². The monoisotopic (exact) mass is 379 g/mol. The van der Waals surface area contributed by atoms with Crippen molar-refractivity contribution >= 4 is 28.3 Å². The van der Waals surface area contributed by atoms with Crippen LogP contribution in [-0.2, 0) is 4.79 Å². The number of carbonyl (C=O) groups excluding carboxylic acids is 2. The molecular formula is C18H29N5O2S. The number of amides is 2. The summed E-state index contributed by atoms with van der Waals surface area (Å²) >= 11 is 1.27.